The molecule has 0 spiro atoms. The molecule has 0 amide bonds. The fourth-order valence-electron chi connectivity index (χ4n) is 1.90. The zero-order valence-corrected chi connectivity index (χ0v) is 9.87. The standard InChI is InChI=1S/C16H13O2/c1-3-7-13(8-4-1)11-16-17-12-15(18-16)14-9-5-2-6-10-14/h1-9,12,16H,11H2. The summed E-state index contributed by atoms with van der Waals surface area (Å²) in [6.45, 7) is 0. The van der Waals surface area contributed by atoms with E-state index >= 15 is 0 Å². The molecule has 1 radical (unpaired) electrons. The highest BCUT2D eigenvalue weighted by molar-refractivity contribution is 5.59. The molecule has 1 aliphatic rings. The van der Waals surface area contributed by atoms with Crippen molar-refractivity contribution < 1.29 is 9.47 Å². The van der Waals surface area contributed by atoms with Crippen LogP contribution >= 0.6 is 0 Å². The Morgan fingerprint density at radius 1 is 1.00 bits per heavy atom. The number of hydrogen-bond donors (Lipinski definition) is 0. The van der Waals surface area contributed by atoms with Gasteiger partial charge in [-0.3, -0.25) is 0 Å². The SMILES string of the molecule is [c]1ccccc1C1=COC(Cc2ccccc2)O1. The van der Waals surface area contributed by atoms with Gasteiger partial charge in [-0.15, -0.1) is 0 Å². The highest BCUT2D eigenvalue weighted by Gasteiger charge is 2.20. The van der Waals surface area contributed by atoms with Crippen LogP contribution in [0.1, 0.15) is 11.1 Å². The number of ether oxygens (including phenoxy) is 2. The molecule has 2 aromatic rings. The third-order valence-electron chi connectivity index (χ3n) is 2.80. The largest absolute Gasteiger partial charge is 0.458 e. The van der Waals surface area contributed by atoms with E-state index in [9.17, 15) is 0 Å². The number of rotatable bonds is 3. The van der Waals surface area contributed by atoms with Gasteiger partial charge < -0.3 is 9.47 Å². The van der Waals surface area contributed by atoms with E-state index in [1.54, 1.807) is 6.26 Å². The lowest BCUT2D eigenvalue weighted by Gasteiger charge is -2.11. The molecule has 1 heterocycles. The van der Waals surface area contributed by atoms with E-state index < -0.39 is 0 Å². The summed E-state index contributed by atoms with van der Waals surface area (Å²) in [4.78, 5) is 0. The number of hydrogen-bond acceptors (Lipinski definition) is 2. The van der Waals surface area contributed by atoms with Crippen LogP contribution < -0.4 is 0 Å². The fourth-order valence-corrected chi connectivity index (χ4v) is 1.90. The van der Waals surface area contributed by atoms with Crippen LogP contribution in [0.2, 0.25) is 0 Å². The lowest BCUT2D eigenvalue weighted by atomic mass is 10.1. The molecule has 2 heteroatoms. The first-order chi connectivity index (χ1) is 8.92. The van der Waals surface area contributed by atoms with Gasteiger partial charge in [-0.05, 0) is 11.6 Å². The molecule has 18 heavy (non-hydrogen) atoms. The topological polar surface area (TPSA) is 18.5 Å². The Morgan fingerprint density at radius 2 is 1.83 bits per heavy atom. The van der Waals surface area contributed by atoms with Crippen LogP contribution in [0.5, 0.6) is 0 Å². The van der Waals surface area contributed by atoms with Crippen molar-refractivity contribution in [3.8, 4) is 0 Å². The molecule has 1 aliphatic heterocycles. The molecule has 2 aromatic carbocycles. The van der Waals surface area contributed by atoms with Gasteiger partial charge in [-0.1, -0.05) is 54.6 Å². The first kappa shape index (κ1) is 10.9. The summed E-state index contributed by atoms with van der Waals surface area (Å²) in [5.41, 5.74) is 2.13. The van der Waals surface area contributed by atoms with Gasteiger partial charge in [0.25, 0.3) is 0 Å². The van der Waals surface area contributed by atoms with E-state index in [2.05, 4.69) is 18.2 Å². The fraction of sp³-hybridized carbons (Fsp3) is 0.125. The summed E-state index contributed by atoms with van der Waals surface area (Å²) in [6, 6.07) is 21.0. The van der Waals surface area contributed by atoms with Crippen LogP contribution in [-0.4, -0.2) is 6.29 Å². The Bertz CT molecular complexity index is 532. The van der Waals surface area contributed by atoms with Crippen molar-refractivity contribution in [3.05, 3.63) is 78.1 Å². The molecule has 0 bridgehead atoms. The van der Waals surface area contributed by atoms with Crippen LogP contribution in [0.4, 0.5) is 0 Å². The van der Waals surface area contributed by atoms with Gasteiger partial charge in [-0.25, -0.2) is 0 Å². The van der Waals surface area contributed by atoms with Crippen molar-refractivity contribution in [2.75, 3.05) is 0 Å². The van der Waals surface area contributed by atoms with Crippen LogP contribution in [-0.2, 0) is 15.9 Å². The van der Waals surface area contributed by atoms with Gasteiger partial charge in [0.15, 0.2) is 5.76 Å². The summed E-state index contributed by atoms with van der Waals surface area (Å²) < 4.78 is 11.3. The molecule has 89 valence electrons. The average Bonchev–Trinajstić information content (AvgIpc) is 2.89. The minimum absolute atomic E-state index is 0.240. The van der Waals surface area contributed by atoms with E-state index in [4.69, 9.17) is 9.47 Å². The maximum absolute atomic E-state index is 5.76. The lowest BCUT2D eigenvalue weighted by Crippen LogP contribution is -2.11. The maximum atomic E-state index is 5.76. The molecule has 0 saturated carbocycles. The minimum Gasteiger partial charge on any atom is -0.458 e. The quantitative estimate of drug-likeness (QED) is 0.814. The Labute approximate surface area is 106 Å². The molecule has 1 unspecified atom stereocenters. The molecule has 0 fully saturated rings. The summed E-state index contributed by atoms with van der Waals surface area (Å²) >= 11 is 0. The van der Waals surface area contributed by atoms with E-state index in [-0.39, 0.29) is 6.29 Å². The Hall–Kier alpha value is -2.22. The maximum Gasteiger partial charge on any atom is 0.244 e. The minimum atomic E-state index is -0.240. The van der Waals surface area contributed by atoms with Crippen molar-refractivity contribution in [1.29, 1.82) is 0 Å². The molecular formula is C16H13O2. The smallest absolute Gasteiger partial charge is 0.244 e. The van der Waals surface area contributed by atoms with E-state index in [1.165, 1.54) is 5.56 Å². The lowest BCUT2D eigenvalue weighted by molar-refractivity contribution is -0.0136. The average molecular weight is 237 g/mol. The van der Waals surface area contributed by atoms with Crippen molar-refractivity contribution in [2.45, 2.75) is 12.7 Å². The number of benzene rings is 2. The van der Waals surface area contributed by atoms with Crippen molar-refractivity contribution in [1.82, 2.24) is 0 Å². The van der Waals surface area contributed by atoms with Crippen molar-refractivity contribution in [3.63, 3.8) is 0 Å². The molecular weight excluding hydrogens is 224 g/mol. The highest BCUT2D eigenvalue weighted by Crippen LogP contribution is 2.25. The zero-order chi connectivity index (χ0) is 12.2. The zero-order valence-electron chi connectivity index (χ0n) is 9.87. The van der Waals surface area contributed by atoms with E-state index in [0.717, 1.165) is 17.7 Å². The van der Waals surface area contributed by atoms with Crippen molar-refractivity contribution >= 4 is 5.76 Å². The van der Waals surface area contributed by atoms with Crippen LogP contribution in [0.25, 0.3) is 5.76 Å². The Kier molecular flexibility index (Phi) is 3.01. The monoisotopic (exact) mass is 237 g/mol. The molecule has 0 aliphatic carbocycles. The molecule has 1 atom stereocenters. The third-order valence-corrected chi connectivity index (χ3v) is 2.80. The van der Waals surface area contributed by atoms with Crippen LogP contribution in [0.15, 0.2) is 60.9 Å². The first-order valence-corrected chi connectivity index (χ1v) is 5.95. The second-order valence-corrected chi connectivity index (χ2v) is 4.13. The normalized spacial score (nSPS) is 17.8. The Balaban J connectivity index is 1.65. The molecule has 0 saturated heterocycles. The van der Waals surface area contributed by atoms with E-state index in [0.29, 0.717) is 0 Å². The van der Waals surface area contributed by atoms with Crippen molar-refractivity contribution in [2.24, 2.45) is 0 Å². The molecule has 0 aromatic heterocycles. The predicted octanol–water partition coefficient (Wildman–Crippen LogP) is 3.40. The summed E-state index contributed by atoms with van der Waals surface area (Å²) in [7, 11) is 0. The highest BCUT2D eigenvalue weighted by atomic mass is 16.7. The molecule has 2 nitrogen and oxygen atoms in total. The molecule has 0 N–H and O–H groups in total. The predicted molar refractivity (Wildman–Crippen MR) is 69.4 cm³/mol. The Morgan fingerprint density at radius 3 is 2.61 bits per heavy atom. The summed E-state index contributed by atoms with van der Waals surface area (Å²) in [6.07, 6.45) is 2.17. The van der Waals surface area contributed by atoms with Crippen LogP contribution in [0, 0.1) is 6.07 Å². The second kappa shape index (κ2) is 4.96. The first-order valence-electron chi connectivity index (χ1n) is 5.95. The van der Waals surface area contributed by atoms with Gasteiger partial charge in [0.2, 0.25) is 6.29 Å². The summed E-state index contributed by atoms with van der Waals surface area (Å²) in [5, 5.41) is 0. The van der Waals surface area contributed by atoms with Gasteiger partial charge in [0, 0.05) is 12.0 Å². The van der Waals surface area contributed by atoms with Gasteiger partial charge in [-0.2, -0.15) is 0 Å². The van der Waals surface area contributed by atoms with Gasteiger partial charge >= 0.3 is 0 Å². The third kappa shape index (κ3) is 2.38. The van der Waals surface area contributed by atoms with Gasteiger partial charge in [0.1, 0.15) is 6.26 Å². The van der Waals surface area contributed by atoms with Gasteiger partial charge in [0.05, 0.1) is 0 Å². The second-order valence-electron chi connectivity index (χ2n) is 4.13. The van der Waals surface area contributed by atoms with Crippen LogP contribution in [0.3, 0.4) is 0 Å². The summed E-state index contributed by atoms with van der Waals surface area (Å²) in [5.74, 6) is 0.747. The molecule has 3 rings (SSSR count). The van der Waals surface area contributed by atoms with E-state index in [1.807, 2.05) is 42.5 Å².